The zero-order chi connectivity index (χ0) is 9.84. The lowest BCUT2D eigenvalue weighted by molar-refractivity contribution is -0.138. The maximum absolute atomic E-state index is 10.4. The van der Waals surface area contributed by atoms with Gasteiger partial charge in [0.1, 0.15) is 6.04 Å². The highest BCUT2D eigenvalue weighted by Gasteiger charge is 2.14. The van der Waals surface area contributed by atoms with Gasteiger partial charge in [-0.2, -0.15) is 4.09 Å². The summed E-state index contributed by atoms with van der Waals surface area (Å²) in [6.45, 7) is 0. The average molecular weight is 220 g/mol. The van der Waals surface area contributed by atoms with Crippen LogP contribution in [0.4, 0.5) is 0 Å². The summed E-state index contributed by atoms with van der Waals surface area (Å²) in [6.07, 6.45) is 1.75. The number of carboxylic acids is 1. The van der Waals surface area contributed by atoms with Gasteiger partial charge in [0.25, 0.3) is 0 Å². The molecule has 0 fully saturated rings. The highest BCUT2D eigenvalue weighted by atomic mass is 33.1. The fourth-order valence-corrected chi connectivity index (χ4v) is 1.20. The van der Waals surface area contributed by atoms with Crippen LogP contribution in [0.2, 0.25) is 0 Å². The average Bonchev–Trinajstić information content (AvgIpc) is 2.52. The van der Waals surface area contributed by atoms with Gasteiger partial charge in [-0.05, 0) is 0 Å². The molecule has 0 bridgehead atoms. The molecule has 0 aliphatic rings. The second-order valence-corrected chi connectivity index (χ2v) is 3.37. The Kier molecular flexibility index (Phi) is 3.58. The van der Waals surface area contributed by atoms with Crippen LogP contribution in [0, 0.1) is 0 Å². The summed E-state index contributed by atoms with van der Waals surface area (Å²) in [5.74, 6) is -1.05. The van der Waals surface area contributed by atoms with Gasteiger partial charge in [0, 0.05) is 17.4 Å². The molecule has 8 heteroatoms. The van der Waals surface area contributed by atoms with Gasteiger partial charge >= 0.3 is 5.97 Å². The molecule has 0 amide bonds. The van der Waals surface area contributed by atoms with E-state index in [0.717, 1.165) is 11.0 Å². The molecule has 0 saturated heterocycles. The zero-order valence-electron chi connectivity index (χ0n) is 6.49. The van der Waals surface area contributed by atoms with Crippen molar-refractivity contribution in [3.05, 3.63) is 11.9 Å². The molecule has 0 aliphatic heterocycles. The summed E-state index contributed by atoms with van der Waals surface area (Å²) in [4.78, 5) is 10.4. The van der Waals surface area contributed by atoms with Gasteiger partial charge < -0.3 is 10.8 Å². The molecule has 72 valence electrons. The molecular weight excluding hydrogens is 212 g/mol. The van der Waals surface area contributed by atoms with Crippen molar-refractivity contribution in [3.63, 3.8) is 0 Å². The van der Waals surface area contributed by atoms with Crippen molar-refractivity contribution in [2.24, 2.45) is 5.73 Å². The van der Waals surface area contributed by atoms with Crippen molar-refractivity contribution < 1.29 is 9.90 Å². The van der Waals surface area contributed by atoms with Crippen molar-refractivity contribution in [2.75, 3.05) is 0 Å². The first-order valence-electron chi connectivity index (χ1n) is 3.35. The van der Waals surface area contributed by atoms with E-state index in [0.29, 0.717) is 5.69 Å². The molecule has 1 aromatic rings. The first-order chi connectivity index (χ1) is 6.13. The van der Waals surface area contributed by atoms with Gasteiger partial charge in [-0.15, -0.1) is 5.10 Å². The van der Waals surface area contributed by atoms with Crippen LogP contribution in [0.25, 0.3) is 0 Å². The minimum absolute atomic E-state index is 0.170. The van der Waals surface area contributed by atoms with Crippen molar-refractivity contribution in [2.45, 2.75) is 12.5 Å². The van der Waals surface area contributed by atoms with Gasteiger partial charge in [-0.1, -0.05) is 16.9 Å². The summed E-state index contributed by atoms with van der Waals surface area (Å²) in [6, 6.07) is -0.935. The molecule has 3 N–H and O–H groups in total. The normalized spacial score (nSPS) is 12.8. The number of aliphatic carboxylic acids is 1. The molecule has 13 heavy (non-hydrogen) atoms. The number of thiol groups is 1. The zero-order valence-corrected chi connectivity index (χ0v) is 8.20. The fourth-order valence-electron chi connectivity index (χ4n) is 0.727. The van der Waals surface area contributed by atoms with Gasteiger partial charge in [0.2, 0.25) is 0 Å². The molecular formula is C5H8N4O2S2. The quantitative estimate of drug-likeness (QED) is 0.471. The minimum atomic E-state index is -1.05. The van der Waals surface area contributed by atoms with E-state index < -0.39 is 12.0 Å². The van der Waals surface area contributed by atoms with Crippen molar-refractivity contribution >= 4 is 28.6 Å². The van der Waals surface area contributed by atoms with Gasteiger partial charge in [-0.25, -0.2) is 0 Å². The van der Waals surface area contributed by atoms with Gasteiger partial charge in [0.05, 0.1) is 11.9 Å². The summed E-state index contributed by atoms with van der Waals surface area (Å²) >= 11 is 3.88. The van der Waals surface area contributed by atoms with Crippen LogP contribution < -0.4 is 5.73 Å². The molecule has 0 aliphatic carbocycles. The van der Waals surface area contributed by atoms with E-state index in [4.69, 9.17) is 10.8 Å². The van der Waals surface area contributed by atoms with E-state index in [9.17, 15) is 4.79 Å². The SMILES string of the molecule is NC(Cc1cn(SS)nn1)C(=O)O. The number of carboxylic acid groups (broad SMARTS) is 1. The maximum atomic E-state index is 10.4. The van der Waals surface area contributed by atoms with E-state index in [1.165, 1.54) is 4.09 Å². The number of carbonyl (C=O) groups is 1. The lowest BCUT2D eigenvalue weighted by Gasteiger charge is -2.00. The Morgan fingerprint density at radius 1 is 1.92 bits per heavy atom. The smallest absolute Gasteiger partial charge is 0.320 e. The highest BCUT2D eigenvalue weighted by molar-refractivity contribution is 8.67. The third-order valence-electron chi connectivity index (χ3n) is 1.35. The van der Waals surface area contributed by atoms with Crippen LogP contribution in [0.5, 0.6) is 0 Å². The minimum Gasteiger partial charge on any atom is -0.480 e. The second kappa shape index (κ2) is 4.49. The Balaban J connectivity index is 2.58. The van der Waals surface area contributed by atoms with Crippen LogP contribution in [0.3, 0.4) is 0 Å². The third kappa shape index (κ3) is 2.90. The predicted octanol–water partition coefficient (Wildman–Crippen LogP) is -0.426. The molecule has 0 saturated carbocycles. The second-order valence-electron chi connectivity index (χ2n) is 2.34. The number of nitrogens with two attached hydrogens (primary N) is 1. The number of rotatable bonds is 4. The first-order valence-corrected chi connectivity index (χ1v) is 5.17. The largest absolute Gasteiger partial charge is 0.480 e. The number of hydrogen-bond acceptors (Lipinski definition) is 6. The lowest BCUT2D eigenvalue weighted by Crippen LogP contribution is -2.32. The summed E-state index contributed by atoms with van der Waals surface area (Å²) in [7, 11) is 1.07. The topological polar surface area (TPSA) is 94.0 Å². The number of hydrogen-bond donors (Lipinski definition) is 3. The molecule has 0 radical (unpaired) electrons. The number of nitrogens with zero attached hydrogens (tertiary/aromatic N) is 3. The van der Waals surface area contributed by atoms with Crippen molar-refractivity contribution in [1.82, 2.24) is 14.4 Å². The summed E-state index contributed by atoms with van der Waals surface area (Å²) < 4.78 is 1.41. The summed E-state index contributed by atoms with van der Waals surface area (Å²) in [5.41, 5.74) is 5.84. The highest BCUT2D eigenvalue weighted by Crippen LogP contribution is 2.08. The van der Waals surface area contributed by atoms with Crippen LogP contribution in [-0.4, -0.2) is 31.5 Å². The Morgan fingerprint density at radius 3 is 3.08 bits per heavy atom. The van der Waals surface area contributed by atoms with Gasteiger partial charge in [-0.3, -0.25) is 4.79 Å². The fraction of sp³-hybridized carbons (Fsp3) is 0.400. The molecule has 1 atom stereocenters. The number of aromatic nitrogens is 3. The Bertz CT molecular complexity index is 302. The summed E-state index contributed by atoms with van der Waals surface area (Å²) in [5, 5.41) is 15.9. The third-order valence-corrected chi connectivity index (χ3v) is 2.20. The van der Waals surface area contributed by atoms with Crippen LogP contribution in [-0.2, 0) is 11.2 Å². The molecule has 1 rings (SSSR count). The van der Waals surface area contributed by atoms with Crippen molar-refractivity contribution in [1.29, 1.82) is 0 Å². The molecule has 1 heterocycles. The van der Waals surface area contributed by atoms with E-state index in [1.807, 2.05) is 0 Å². The predicted molar refractivity (Wildman–Crippen MR) is 51.3 cm³/mol. The molecule has 0 aromatic carbocycles. The van der Waals surface area contributed by atoms with Crippen molar-refractivity contribution in [3.8, 4) is 0 Å². The Morgan fingerprint density at radius 2 is 2.62 bits per heavy atom. The van der Waals surface area contributed by atoms with Gasteiger partial charge in [0.15, 0.2) is 0 Å². The van der Waals surface area contributed by atoms with Crippen LogP contribution >= 0.6 is 22.6 Å². The Hall–Kier alpha value is -0.730. The molecule has 0 spiro atoms. The monoisotopic (exact) mass is 220 g/mol. The lowest BCUT2D eigenvalue weighted by atomic mass is 10.2. The maximum Gasteiger partial charge on any atom is 0.320 e. The van der Waals surface area contributed by atoms with E-state index in [-0.39, 0.29) is 6.42 Å². The Labute approximate surface area is 83.4 Å². The first kappa shape index (κ1) is 10.4. The van der Waals surface area contributed by atoms with E-state index >= 15 is 0 Å². The van der Waals surface area contributed by atoms with E-state index in [1.54, 1.807) is 6.20 Å². The van der Waals surface area contributed by atoms with E-state index in [2.05, 4.69) is 22.0 Å². The molecule has 6 nitrogen and oxygen atoms in total. The van der Waals surface area contributed by atoms with Crippen LogP contribution in [0.1, 0.15) is 5.69 Å². The molecule has 1 aromatic heterocycles. The molecule has 1 unspecified atom stereocenters. The standard InChI is InChI=1S/C5H8N4O2S2/c6-4(5(10)11)1-3-2-9(13-12)8-7-3/h2,4,12H,1,6H2,(H,10,11). The van der Waals surface area contributed by atoms with Crippen LogP contribution in [0.15, 0.2) is 6.20 Å².